The number of terminal acetylenes is 1. The van der Waals surface area contributed by atoms with Crippen molar-refractivity contribution < 1.29 is 22.7 Å². The number of carbonyl (C=O) groups is 1. The molecule has 23 heavy (non-hydrogen) atoms. The van der Waals surface area contributed by atoms with E-state index >= 15 is 0 Å². The number of alkyl halides is 5. The molecule has 1 atom stereocenters. The van der Waals surface area contributed by atoms with Gasteiger partial charge in [0.1, 0.15) is 0 Å². The molecule has 1 aliphatic rings. The molecule has 1 fully saturated rings. The van der Waals surface area contributed by atoms with Gasteiger partial charge in [0.2, 0.25) is 6.23 Å². The maximum absolute atomic E-state index is 12.5. The van der Waals surface area contributed by atoms with Gasteiger partial charge in [0.05, 0.1) is 5.56 Å². The molecule has 1 aromatic carbocycles. The number of ether oxygens (including phenoxy) is 1. The van der Waals surface area contributed by atoms with Crippen LogP contribution in [0, 0.1) is 12.3 Å². The molecule has 1 saturated heterocycles. The first kappa shape index (κ1) is 17.5. The third-order valence-electron chi connectivity index (χ3n) is 2.99. The average Bonchev–Trinajstić information content (AvgIpc) is 2.81. The highest BCUT2D eigenvalue weighted by molar-refractivity contribution is 6.49. The predicted octanol–water partition coefficient (Wildman–Crippen LogP) is 3.72. The first-order valence-corrected chi connectivity index (χ1v) is 7.07. The molecule has 2 rings (SSSR count). The van der Waals surface area contributed by atoms with E-state index < -0.39 is 28.2 Å². The Bertz CT molecular complexity index is 675. The number of benzene rings is 1. The molecular formula is C15H10Cl2F3NO2. The van der Waals surface area contributed by atoms with Gasteiger partial charge in [0.15, 0.2) is 10.1 Å². The molecule has 1 aliphatic heterocycles. The van der Waals surface area contributed by atoms with Crippen LogP contribution >= 0.6 is 23.2 Å². The van der Waals surface area contributed by atoms with E-state index in [4.69, 9.17) is 34.4 Å². The van der Waals surface area contributed by atoms with Crippen LogP contribution in [0.4, 0.5) is 13.2 Å². The lowest BCUT2D eigenvalue weighted by molar-refractivity contribution is -0.137. The van der Waals surface area contributed by atoms with Gasteiger partial charge >= 0.3 is 6.18 Å². The van der Waals surface area contributed by atoms with E-state index in [1.165, 1.54) is 18.2 Å². The van der Waals surface area contributed by atoms with Gasteiger partial charge in [-0.1, -0.05) is 35.3 Å². The van der Waals surface area contributed by atoms with Crippen molar-refractivity contribution >= 4 is 35.2 Å². The third kappa shape index (κ3) is 4.12. The minimum Gasteiger partial charge on any atom is -0.462 e. The van der Waals surface area contributed by atoms with Gasteiger partial charge in [-0.15, -0.1) is 12.3 Å². The second-order valence-corrected chi connectivity index (χ2v) is 6.28. The molecule has 0 aromatic heterocycles. The summed E-state index contributed by atoms with van der Waals surface area (Å²) >= 11 is 12.0. The second kappa shape index (κ2) is 6.34. The molecule has 1 N–H and O–H groups in total. The Labute approximate surface area is 140 Å². The van der Waals surface area contributed by atoms with Crippen molar-refractivity contribution in [2.24, 2.45) is 0 Å². The summed E-state index contributed by atoms with van der Waals surface area (Å²) in [5.41, 5.74) is -0.431. The lowest BCUT2D eigenvalue weighted by Crippen LogP contribution is -2.41. The average molecular weight is 364 g/mol. The molecule has 1 amide bonds. The molecule has 0 radical (unpaired) electrons. The number of halogens is 5. The van der Waals surface area contributed by atoms with Gasteiger partial charge in [-0.25, -0.2) is 0 Å². The maximum atomic E-state index is 12.5. The SMILES string of the molecule is C#CCC(Cl)(Cl)C1NC(=O)C(=Cc2ccc(C(F)(F)F)cc2)O1. The zero-order chi connectivity index (χ0) is 17.3. The van der Waals surface area contributed by atoms with Crippen LogP contribution in [0.2, 0.25) is 0 Å². The summed E-state index contributed by atoms with van der Waals surface area (Å²) in [7, 11) is 0. The van der Waals surface area contributed by atoms with Crippen LogP contribution in [-0.4, -0.2) is 16.5 Å². The van der Waals surface area contributed by atoms with Crippen LogP contribution in [0.1, 0.15) is 17.5 Å². The van der Waals surface area contributed by atoms with Crippen molar-refractivity contribution in [3.63, 3.8) is 0 Å². The van der Waals surface area contributed by atoms with E-state index in [1.54, 1.807) is 0 Å². The Balaban J connectivity index is 2.18. The zero-order valence-corrected chi connectivity index (χ0v) is 13.0. The topological polar surface area (TPSA) is 38.3 Å². The smallest absolute Gasteiger partial charge is 0.416 e. The van der Waals surface area contributed by atoms with Gasteiger partial charge in [0.25, 0.3) is 5.91 Å². The van der Waals surface area contributed by atoms with Crippen molar-refractivity contribution in [3.05, 3.63) is 41.2 Å². The van der Waals surface area contributed by atoms with Gasteiger partial charge in [-0.3, -0.25) is 4.79 Å². The molecule has 122 valence electrons. The summed E-state index contributed by atoms with van der Waals surface area (Å²) < 4.78 is 41.3. The Hall–Kier alpha value is -1.84. The number of amides is 1. The summed E-state index contributed by atoms with van der Waals surface area (Å²) in [4.78, 5) is 11.8. The molecule has 1 heterocycles. The van der Waals surface area contributed by atoms with Crippen LogP contribution in [0.3, 0.4) is 0 Å². The summed E-state index contributed by atoms with van der Waals surface area (Å²) in [5, 5.41) is 2.42. The maximum Gasteiger partial charge on any atom is 0.416 e. The van der Waals surface area contributed by atoms with Crippen molar-refractivity contribution in [2.45, 2.75) is 23.2 Å². The molecule has 1 unspecified atom stereocenters. The standard InChI is InChI=1S/C15H10Cl2F3NO2/c1-2-7-14(16,17)13-21-12(22)11(23-13)8-9-3-5-10(6-4-9)15(18,19)20/h1,3-6,8,13H,7H2,(H,21,22). The fourth-order valence-electron chi connectivity index (χ4n) is 1.84. The molecule has 0 bridgehead atoms. The summed E-state index contributed by atoms with van der Waals surface area (Å²) in [5.74, 6) is 1.56. The molecule has 0 spiro atoms. The predicted molar refractivity (Wildman–Crippen MR) is 80.3 cm³/mol. The second-order valence-electron chi connectivity index (χ2n) is 4.74. The van der Waals surface area contributed by atoms with E-state index in [2.05, 4.69) is 11.2 Å². The van der Waals surface area contributed by atoms with Crippen molar-refractivity contribution in [1.82, 2.24) is 5.32 Å². The Morgan fingerprint density at radius 2 is 1.91 bits per heavy atom. The van der Waals surface area contributed by atoms with Crippen molar-refractivity contribution in [3.8, 4) is 12.3 Å². The number of nitrogens with one attached hydrogen (secondary N) is 1. The lowest BCUT2D eigenvalue weighted by Gasteiger charge is -2.22. The quantitative estimate of drug-likeness (QED) is 0.505. The van der Waals surface area contributed by atoms with Crippen LogP contribution in [0.25, 0.3) is 6.08 Å². The Morgan fingerprint density at radius 1 is 1.30 bits per heavy atom. The molecule has 0 aliphatic carbocycles. The van der Waals surface area contributed by atoms with Crippen LogP contribution in [0.15, 0.2) is 30.0 Å². The fraction of sp³-hybridized carbons (Fsp3) is 0.267. The van der Waals surface area contributed by atoms with Gasteiger partial charge in [-0.05, 0) is 23.8 Å². The molecule has 0 saturated carbocycles. The monoisotopic (exact) mass is 363 g/mol. The number of hydrogen-bond acceptors (Lipinski definition) is 2. The Kier molecular flexibility index (Phi) is 4.83. The van der Waals surface area contributed by atoms with Crippen LogP contribution < -0.4 is 5.32 Å². The number of hydrogen-bond donors (Lipinski definition) is 1. The molecule has 3 nitrogen and oxygen atoms in total. The van der Waals surface area contributed by atoms with Gasteiger partial charge in [-0.2, -0.15) is 13.2 Å². The number of carbonyl (C=O) groups excluding carboxylic acids is 1. The lowest BCUT2D eigenvalue weighted by atomic mass is 10.1. The van der Waals surface area contributed by atoms with E-state index in [9.17, 15) is 18.0 Å². The molecular weight excluding hydrogens is 354 g/mol. The van der Waals surface area contributed by atoms with Gasteiger partial charge < -0.3 is 10.1 Å². The summed E-state index contributed by atoms with van der Waals surface area (Å²) in [6.45, 7) is 0. The Morgan fingerprint density at radius 3 is 2.43 bits per heavy atom. The third-order valence-corrected chi connectivity index (χ3v) is 3.65. The largest absolute Gasteiger partial charge is 0.462 e. The van der Waals surface area contributed by atoms with E-state index in [-0.39, 0.29) is 12.2 Å². The van der Waals surface area contributed by atoms with E-state index in [1.807, 2.05) is 0 Å². The summed E-state index contributed by atoms with van der Waals surface area (Å²) in [6.07, 6.45) is 0.884. The highest BCUT2D eigenvalue weighted by Gasteiger charge is 2.43. The van der Waals surface area contributed by atoms with Gasteiger partial charge in [0, 0.05) is 6.42 Å². The van der Waals surface area contributed by atoms with Crippen molar-refractivity contribution in [2.75, 3.05) is 0 Å². The normalized spacial score (nSPS) is 20.1. The molecule has 1 aromatic rings. The van der Waals surface area contributed by atoms with Crippen molar-refractivity contribution in [1.29, 1.82) is 0 Å². The fourth-order valence-corrected chi connectivity index (χ4v) is 2.19. The first-order valence-electron chi connectivity index (χ1n) is 6.31. The zero-order valence-electron chi connectivity index (χ0n) is 11.5. The first-order chi connectivity index (χ1) is 10.6. The summed E-state index contributed by atoms with van der Waals surface area (Å²) in [6, 6.07) is 4.25. The highest BCUT2D eigenvalue weighted by Crippen LogP contribution is 2.34. The van der Waals surface area contributed by atoms with E-state index in [0.717, 1.165) is 12.1 Å². The highest BCUT2D eigenvalue weighted by atomic mass is 35.5. The van der Waals surface area contributed by atoms with Crippen LogP contribution in [-0.2, 0) is 15.7 Å². The molecule has 8 heteroatoms. The minimum absolute atomic E-state index is 0.0609. The van der Waals surface area contributed by atoms with Crippen LogP contribution in [0.5, 0.6) is 0 Å². The van der Waals surface area contributed by atoms with E-state index in [0.29, 0.717) is 5.56 Å². The number of rotatable bonds is 3. The minimum atomic E-state index is -4.43.